The molecule has 0 aliphatic rings. The molecule has 0 saturated heterocycles. The summed E-state index contributed by atoms with van der Waals surface area (Å²) in [5.74, 6) is -0.952. The van der Waals surface area contributed by atoms with E-state index in [0.29, 0.717) is 36.5 Å². The van der Waals surface area contributed by atoms with Crippen LogP contribution in [0.2, 0.25) is 0 Å². The molecule has 6 heteroatoms. The van der Waals surface area contributed by atoms with E-state index in [1.807, 2.05) is 0 Å². The van der Waals surface area contributed by atoms with Crippen molar-refractivity contribution in [3.63, 3.8) is 0 Å². The lowest BCUT2D eigenvalue weighted by atomic mass is 10.2. The summed E-state index contributed by atoms with van der Waals surface area (Å²) in [5, 5.41) is 12.2. The summed E-state index contributed by atoms with van der Waals surface area (Å²) >= 11 is 3.24. The van der Waals surface area contributed by atoms with Crippen molar-refractivity contribution in [2.45, 2.75) is 6.42 Å². The summed E-state index contributed by atoms with van der Waals surface area (Å²) < 4.78 is 10.8. The molecule has 1 aromatic rings. The smallest absolute Gasteiger partial charge is 0.338 e. The third kappa shape index (κ3) is 5.59. The maximum atomic E-state index is 11.1. The molecule has 0 aromatic heterocycles. The fourth-order valence-electron chi connectivity index (χ4n) is 1.53. The molecule has 1 rings (SSSR count). The van der Waals surface area contributed by atoms with Gasteiger partial charge in [-0.2, -0.15) is 0 Å². The van der Waals surface area contributed by atoms with Gasteiger partial charge in [-0.25, -0.2) is 4.79 Å². The van der Waals surface area contributed by atoms with Gasteiger partial charge in [-0.15, -0.1) is 0 Å². The first-order valence-corrected chi connectivity index (χ1v) is 6.78. The molecule has 0 fully saturated rings. The molecular weight excluding hydrogens is 314 g/mol. The van der Waals surface area contributed by atoms with Gasteiger partial charge >= 0.3 is 5.97 Å². The van der Waals surface area contributed by atoms with Crippen molar-refractivity contribution in [2.75, 3.05) is 38.8 Å². The lowest BCUT2D eigenvalue weighted by molar-refractivity contribution is 0.0696. The summed E-state index contributed by atoms with van der Waals surface area (Å²) in [7, 11) is 1.63. The summed E-state index contributed by atoms with van der Waals surface area (Å²) in [6.07, 6.45) is 0.801. The van der Waals surface area contributed by atoms with Gasteiger partial charge in [-0.1, -0.05) is 6.07 Å². The topological polar surface area (TPSA) is 67.8 Å². The summed E-state index contributed by atoms with van der Waals surface area (Å²) in [4.78, 5) is 11.1. The Hall–Kier alpha value is -1.11. The van der Waals surface area contributed by atoms with Crippen LogP contribution in [0.4, 0.5) is 5.69 Å². The number of benzene rings is 1. The molecule has 106 valence electrons. The molecule has 0 spiro atoms. The molecular formula is C13H18BrNO4. The molecule has 0 unspecified atom stereocenters. The highest BCUT2D eigenvalue weighted by atomic mass is 79.9. The molecule has 2 N–H and O–H groups in total. The first kappa shape index (κ1) is 15.9. The average Bonchev–Trinajstić information content (AvgIpc) is 2.37. The highest BCUT2D eigenvalue weighted by molar-refractivity contribution is 9.10. The van der Waals surface area contributed by atoms with E-state index < -0.39 is 5.97 Å². The molecule has 19 heavy (non-hydrogen) atoms. The van der Waals surface area contributed by atoms with Gasteiger partial charge in [0.2, 0.25) is 0 Å². The Morgan fingerprint density at radius 3 is 2.84 bits per heavy atom. The van der Waals surface area contributed by atoms with E-state index in [0.717, 1.165) is 6.42 Å². The van der Waals surface area contributed by atoms with E-state index in [1.54, 1.807) is 25.3 Å². The van der Waals surface area contributed by atoms with Gasteiger partial charge in [-0.3, -0.25) is 0 Å². The average molecular weight is 332 g/mol. The van der Waals surface area contributed by atoms with E-state index in [2.05, 4.69) is 21.2 Å². The van der Waals surface area contributed by atoms with Crippen molar-refractivity contribution in [3.8, 4) is 0 Å². The van der Waals surface area contributed by atoms with Crippen LogP contribution >= 0.6 is 15.9 Å². The monoisotopic (exact) mass is 331 g/mol. The minimum atomic E-state index is -0.952. The van der Waals surface area contributed by atoms with Crippen molar-refractivity contribution in [2.24, 2.45) is 0 Å². The summed E-state index contributed by atoms with van der Waals surface area (Å²) in [6.45, 7) is 2.44. The fourth-order valence-corrected chi connectivity index (χ4v) is 2.07. The van der Waals surface area contributed by atoms with Gasteiger partial charge in [0.05, 0.1) is 18.8 Å². The Morgan fingerprint density at radius 1 is 1.37 bits per heavy atom. The van der Waals surface area contributed by atoms with Crippen molar-refractivity contribution >= 4 is 27.6 Å². The fraction of sp³-hybridized carbons (Fsp3) is 0.462. The van der Waals surface area contributed by atoms with Crippen LogP contribution in [-0.4, -0.2) is 44.6 Å². The number of carboxylic acid groups (broad SMARTS) is 1. The lowest BCUT2D eigenvalue weighted by Gasteiger charge is -2.11. The molecule has 0 heterocycles. The Labute approximate surface area is 121 Å². The van der Waals surface area contributed by atoms with Crippen LogP contribution in [0.5, 0.6) is 0 Å². The van der Waals surface area contributed by atoms with Gasteiger partial charge in [0.1, 0.15) is 0 Å². The molecule has 1 aromatic carbocycles. The summed E-state index contributed by atoms with van der Waals surface area (Å²) in [5.41, 5.74) is 0.863. The zero-order valence-electron chi connectivity index (χ0n) is 10.8. The molecule has 0 radical (unpaired) electrons. The van der Waals surface area contributed by atoms with E-state index in [-0.39, 0.29) is 5.56 Å². The van der Waals surface area contributed by atoms with Gasteiger partial charge in [0, 0.05) is 30.4 Å². The molecule has 5 nitrogen and oxygen atoms in total. The Kier molecular flexibility index (Phi) is 7.47. The van der Waals surface area contributed by atoms with Gasteiger partial charge in [0.15, 0.2) is 0 Å². The zero-order valence-corrected chi connectivity index (χ0v) is 12.4. The van der Waals surface area contributed by atoms with Crippen molar-refractivity contribution in [3.05, 3.63) is 28.2 Å². The first-order chi connectivity index (χ1) is 9.16. The second kappa shape index (κ2) is 8.90. The SMILES string of the molecule is COCCOCCCNc1cccc(Br)c1C(=O)O. The largest absolute Gasteiger partial charge is 0.478 e. The van der Waals surface area contributed by atoms with Crippen LogP contribution in [0.15, 0.2) is 22.7 Å². The molecule has 0 atom stereocenters. The number of carbonyl (C=O) groups is 1. The Morgan fingerprint density at radius 2 is 2.16 bits per heavy atom. The van der Waals surface area contributed by atoms with Gasteiger partial charge < -0.3 is 19.9 Å². The van der Waals surface area contributed by atoms with Crippen LogP contribution in [-0.2, 0) is 9.47 Å². The quantitative estimate of drug-likeness (QED) is 0.681. The van der Waals surface area contributed by atoms with Gasteiger partial charge in [-0.05, 0) is 34.5 Å². The second-order valence-electron chi connectivity index (χ2n) is 3.85. The maximum Gasteiger partial charge on any atom is 0.338 e. The number of nitrogens with one attached hydrogen (secondary N) is 1. The second-order valence-corrected chi connectivity index (χ2v) is 4.71. The standard InChI is InChI=1S/C13H18BrNO4/c1-18-8-9-19-7-3-6-15-11-5-2-4-10(14)12(11)13(16)17/h2,4-5,15H,3,6-9H2,1H3,(H,16,17). The number of hydrogen-bond donors (Lipinski definition) is 2. The molecule has 0 aliphatic heterocycles. The number of ether oxygens (including phenoxy) is 2. The van der Waals surface area contributed by atoms with Crippen LogP contribution in [0, 0.1) is 0 Å². The summed E-state index contributed by atoms with van der Waals surface area (Å²) in [6, 6.07) is 5.26. The van der Waals surface area contributed by atoms with E-state index in [1.165, 1.54) is 0 Å². The van der Waals surface area contributed by atoms with Crippen LogP contribution in [0.25, 0.3) is 0 Å². The highest BCUT2D eigenvalue weighted by Gasteiger charge is 2.13. The van der Waals surface area contributed by atoms with Crippen LogP contribution < -0.4 is 5.32 Å². The van der Waals surface area contributed by atoms with Crippen molar-refractivity contribution in [1.29, 1.82) is 0 Å². The van der Waals surface area contributed by atoms with E-state index >= 15 is 0 Å². The van der Waals surface area contributed by atoms with Crippen LogP contribution in [0.1, 0.15) is 16.8 Å². The van der Waals surface area contributed by atoms with Crippen molar-refractivity contribution < 1.29 is 19.4 Å². The lowest BCUT2D eigenvalue weighted by Crippen LogP contribution is -2.11. The van der Waals surface area contributed by atoms with Crippen molar-refractivity contribution in [1.82, 2.24) is 0 Å². The van der Waals surface area contributed by atoms with Gasteiger partial charge in [0.25, 0.3) is 0 Å². The first-order valence-electron chi connectivity index (χ1n) is 5.99. The number of methoxy groups -OCH3 is 1. The minimum absolute atomic E-state index is 0.253. The third-order valence-electron chi connectivity index (χ3n) is 2.44. The number of carboxylic acids is 1. The van der Waals surface area contributed by atoms with E-state index in [4.69, 9.17) is 14.6 Å². The van der Waals surface area contributed by atoms with E-state index in [9.17, 15) is 4.79 Å². The Bertz CT molecular complexity index is 412. The number of rotatable bonds is 9. The predicted molar refractivity (Wildman–Crippen MR) is 76.9 cm³/mol. The van der Waals surface area contributed by atoms with Crippen LogP contribution in [0.3, 0.4) is 0 Å². The molecule has 0 bridgehead atoms. The third-order valence-corrected chi connectivity index (χ3v) is 3.10. The minimum Gasteiger partial charge on any atom is -0.478 e. The predicted octanol–water partition coefficient (Wildman–Crippen LogP) is 2.61. The Balaban J connectivity index is 2.37. The number of halogens is 1. The number of anilines is 1. The number of aromatic carboxylic acids is 1. The number of hydrogen-bond acceptors (Lipinski definition) is 4. The molecule has 0 aliphatic carbocycles. The normalized spacial score (nSPS) is 10.4. The highest BCUT2D eigenvalue weighted by Crippen LogP contribution is 2.24. The molecule has 0 amide bonds. The zero-order chi connectivity index (χ0) is 14.1. The maximum absolute atomic E-state index is 11.1. The molecule has 0 saturated carbocycles.